The van der Waals surface area contributed by atoms with Crippen molar-refractivity contribution in [1.29, 1.82) is 0 Å². The summed E-state index contributed by atoms with van der Waals surface area (Å²) < 4.78 is 5.06. The van der Waals surface area contributed by atoms with Gasteiger partial charge in [-0.15, -0.1) is 11.8 Å². The zero-order chi connectivity index (χ0) is 23.9. The van der Waals surface area contributed by atoms with E-state index in [9.17, 15) is 14.7 Å². The van der Waals surface area contributed by atoms with Gasteiger partial charge < -0.3 is 14.7 Å². The molecule has 34 heavy (non-hydrogen) atoms. The molecule has 7 nitrogen and oxygen atoms in total. The first-order valence-corrected chi connectivity index (χ1v) is 11.9. The first-order valence-electron chi connectivity index (χ1n) is 10.8. The molecule has 4 rings (SSSR count). The molecule has 3 aromatic rings. The van der Waals surface area contributed by atoms with Gasteiger partial charge in [0.25, 0.3) is 5.91 Å². The van der Waals surface area contributed by atoms with Crippen LogP contribution in [-0.4, -0.2) is 47.4 Å². The Hall–Kier alpha value is -3.78. The average Bonchev–Trinajstić information content (AvgIpc) is 3.24. The van der Waals surface area contributed by atoms with E-state index >= 15 is 0 Å². The van der Waals surface area contributed by atoms with Crippen molar-refractivity contribution >= 4 is 29.8 Å². The zero-order valence-corrected chi connectivity index (χ0v) is 19.5. The van der Waals surface area contributed by atoms with Crippen molar-refractivity contribution in [3.05, 3.63) is 95.1 Å². The molecular formula is C26H25N3O4S. The quantitative estimate of drug-likeness (QED) is 0.380. The summed E-state index contributed by atoms with van der Waals surface area (Å²) in [7, 11) is 1.46. The van der Waals surface area contributed by atoms with Crippen LogP contribution in [0.5, 0.6) is 11.5 Å². The maximum absolute atomic E-state index is 12.5. The van der Waals surface area contributed by atoms with Gasteiger partial charge in [-0.3, -0.25) is 9.59 Å². The number of rotatable bonds is 8. The third-order valence-corrected chi connectivity index (χ3v) is 6.79. The van der Waals surface area contributed by atoms with E-state index < -0.39 is 0 Å². The van der Waals surface area contributed by atoms with E-state index in [2.05, 4.69) is 22.7 Å². The second-order valence-corrected chi connectivity index (χ2v) is 8.77. The Labute approximate surface area is 202 Å². The molecule has 1 aliphatic heterocycles. The SMILES string of the molecule is COc1cccc(/C=N\NC(=O)c2ccc([C@H]3SCC(=O)N3CCc3ccccc3)cc2)c1O. The lowest BCUT2D eigenvalue weighted by atomic mass is 10.1. The van der Waals surface area contributed by atoms with Crippen molar-refractivity contribution in [2.75, 3.05) is 19.4 Å². The molecule has 0 bridgehead atoms. The number of nitrogens with zero attached hydrogens (tertiary/aromatic N) is 2. The molecule has 1 saturated heterocycles. The summed E-state index contributed by atoms with van der Waals surface area (Å²) >= 11 is 1.60. The lowest BCUT2D eigenvalue weighted by Crippen LogP contribution is -2.30. The number of thioether (sulfide) groups is 1. The summed E-state index contributed by atoms with van der Waals surface area (Å²) in [5.74, 6) is 0.483. The van der Waals surface area contributed by atoms with E-state index in [0.29, 0.717) is 29.2 Å². The summed E-state index contributed by atoms with van der Waals surface area (Å²) in [4.78, 5) is 26.8. The highest BCUT2D eigenvalue weighted by molar-refractivity contribution is 8.00. The number of hydrogen-bond acceptors (Lipinski definition) is 6. The number of benzene rings is 3. The van der Waals surface area contributed by atoms with Crippen molar-refractivity contribution in [1.82, 2.24) is 10.3 Å². The molecule has 2 N–H and O–H groups in total. The van der Waals surface area contributed by atoms with Crippen LogP contribution in [0.15, 0.2) is 77.9 Å². The Kier molecular flexibility index (Phi) is 7.49. The van der Waals surface area contributed by atoms with Crippen LogP contribution in [0.4, 0.5) is 0 Å². The highest BCUT2D eigenvalue weighted by atomic mass is 32.2. The van der Waals surface area contributed by atoms with Crippen LogP contribution in [0.3, 0.4) is 0 Å². The second kappa shape index (κ2) is 10.9. The minimum Gasteiger partial charge on any atom is -0.504 e. The Balaban J connectivity index is 1.38. The number of nitrogens with one attached hydrogen (secondary N) is 1. The number of amides is 2. The number of phenolic OH excluding ortho intramolecular Hbond substituents is 1. The first-order chi connectivity index (χ1) is 16.6. The monoisotopic (exact) mass is 475 g/mol. The number of aromatic hydroxyl groups is 1. The van der Waals surface area contributed by atoms with E-state index in [-0.39, 0.29) is 22.9 Å². The number of methoxy groups -OCH3 is 1. The molecule has 0 spiro atoms. The van der Waals surface area contributed by atoms with E-state index in [0.717, 1.165) is 12.0 Å². The van der Waals surface area contributed by atoms with E-state index in [4.69, 9.17) is 4.74 Å². The fraction of sp³-hybridized carbons (Fsp3) is 0.192. The minimum absolute atomic E-state index is 0.0484. The van der Waals surface area contributed by atoms with Gasteiger partial charge in [-0.1, -0.05) is 48.5 Å². The lowest BCUT2D eigenvalue weighted by molar-refractivity contribution is -0.128. The van der Waals surface area contributed by atoms with Gasteiger partial charge in [0.15, 0.2) is 11.5 Å². The molecule has 0 unspecified atom stereocenters. The summed E-state index contributed by atoms with van der Waals surface area (Å²) in [6, 6.07) is 22.3. The minimum atomic E-state index is -0.374. The van der Waals surface area contributed by atoms with E-state index in [1.807, 2.05) is 35.2 Å². The lowest BCUT2D eigenvalue weighted by Gasteiger charge is -2.24. The maximum atomic E-state index is 12.5. The number of carbonyl (C=O) groups is 2. The highest BCUT2D eigenvalue weighted by Gasteiger charge is 2.32. The van der Waals surface area contributed by atoms with Crippen molar-refractivity contribution in [3.8, 4) is 11.5 Å². The first kappa shape index (κ1) is 23.4. The molecule has 2 amide bonds. The van der Waals surface area contributed by atoms with Gasteiger partial charge in [-0.05, 0) is 41.8 Å². The molecule has 0 saturated carbocycles. The molecule has 0 aliphatic carbocycles. The molecule has 0 radical (unpaired) electrons. The van der Waals surface area contributed by atoms with Gasteiger partial charge in [0.05, 0.1) is 19.1 Å². The van der Waals surface area contributed by atoms with Crippen LogP contribution in [0.2, 0.25) is 0 Å². The van der Waals surface area contributed by atoms with Crippen molar-refractivity contribution in [3.63, 3.8) is 0 Å². The Bertz CT molecular complexity index is 1180. The average molecular weight is 476 g/mol. The number of para-hydroxylation sites is 1. The molecule has 1 aliphatic rings. The predicted octanol–water partition coefficient (Wildman–Crippen LogP) is 3.98. The predicted molar refractivity (Wildman–Crippen MR) is 133 cm³/mol. The summed E-state index contributed by atoms with van der Waals surface area (Å²) in [5.41, 5.74) is 5.51. The molecular weight excluding hydrogens is 450 g/mol. The Morgan fingerprint density at radius 3 is 2.65 bits per heavy atom. The molecule has 8 heteroatoms. The highest BCUT2D eigenvalue weighted by Crippen LogP contribution is 2.38. The van der Waals surface area contributed by atoms with Crippen LogP contribution in [0.25, 0.3) is 0 Å². The van der Waals surface area contributed by atoms with Crippen LogP contribution in [0, 0.1) is 0 Å². The van der Waals surface area contributed by atoms with Gasteiger partial charge in [-0.25, -0.2) is 5.43 Å². The Morgan fingerprint density at radius 1 is 1.15 bits per heavy atom. The number of hydrogen-bond donors (Lipinski definition) is 2. The van der Waals surface area contributed by atoms with Crippen LogP contribution in [0.1, 0.15) is 32.4 Å². The van der Waals surface area contributed by atoms with Gasteiger partial charge in [0.2, 0.25) is 5.91 Å². The topological polar surface area (TPSA) is 91.2 Å². The van der Waals surface area contributed by atoms with E-state index in [1.165, 1.54) is 18.9 Å². The molecule has 1 fully saturated rings. The zero-order valence-electron chi connectivity index (χ0n) is 18.7. The summed E-state index contributed by atoms with van der Waals surface area (Å²) in [5, 5.41) is 14.0. The Morgan fingerprint density at radius 2 is 1.91 bits per heavy atom. The smallest absolute Gasteiger partial charge is 0.271 e. The molecule has 0 aromatic heterocycles. The molecule has 174 valence electrons. The van der Waals surface area contributed by atoms with Crippen molar-refractivity contribution < 1.29 is 19.4 Å². The number of hydrazone groups is 1. The molecule has 1 atom stereocenters. The summed E-state index contributed by atoms with van der Waals surface area (Å²) in [6.07, 6.45) is 2.15. The molecule has 1 heterocycles. The van der Waals surface area contributed by atoms with E-state index in [1.54, 1.807) is 42.1 Å². The molecule has 3 aromatic carbocycles. The number of ether oxygens (including phenoxy) is 1. The van der Waals surface area contributed by atoms with Crippen LogP contribution < -0.4 is 10.2 Å². The van der Waals surface area contributed by atoms with Gasteiger partial charge in [0, 0.05) is 17.7 Å². The standard InChI is InChI=1S/C26H25N3O4S/c1-33-22-9-5-8-21(24(22)31)16-27-28-25(32)19-10-12-20(13-11-19)26-29(23(30)17-34-26)15-14-18-6-3-2-4-7-18/h2-13,16,26,31H,14-15,17H2,1H3,(H,28,32)/b27-16-/t26-/m1/s1. The van der Waals surface area contributed by atoms with Crippen LogP contribution >= 0.6 is 11.8 Å². The third kappa shape index (κ3) is 5.40. The number of carbonyl (C=O) groups excluding carboxylic acids is 2. The normalized spacial score (nSPS) is 15.6. The van der Waals surface area contributed by atoms with Crippen molar-refractivity contribution in [2.45, 2.75) is 11.8 Å². The summed E-state index contributed by atoms with van der Waals surface area (Å²) in [6.45, 7) is 0.647. The van der Waals surface area contributed by atoms with Gasteiger partial charge in [0.1, 0.15) is 5.37 Å². The maximum Gasteiger partial charge on any atom is 0.271 e. The van der Waals surface area contributed by atoms with Crippen molar-refractivity contribution in [2.24, 2.45) is 5.10 Å². The third-order valence-electron chi connectivity index (χ3n) is 5.53. The van der Waals surface area contributed by atoms with Gasteiger partial charge >= 0.3 is 0 Å². The fourth-order valence-electron chi connectivity index (χ4n) is 3.70. The van der Waals surface area contributed by atoms with Crippen LogP contribution in [-0.2, 0) is 11.2 Å². The number of phenols is 1. The van der Waals surface area contributed by atoms with Gasteiger partial charge in [-0.2, -0.15) is 5.10 Å². The fourth-order valence-corrected chi connectivity index (χ4v) is 4.92. The largest absolute Gasteiger partial charge is 0.504 e. The second-order valence-electron chi connectivity index (χ2n) is 7.71.